The van der Waals surface area contributed by atoms with Crippen molar-refractivity contribution >= 4 is 32.7 Å². The lowest BCUT2D eigenvalue weighted by Crippen LogP contribution is -2.38. The summed E-state index contributed by atoms with van der Waals surface area (Å²) in [6.07, 6.45) is 2.06. The van der Waals surface area contributed by atoms with Crippen molar-refractivity contribution in [1.29, 1.82) is 0 Å². The summed E-state index contributed by atoms with van der Waals surface area (Å²) in [5.74, 6) is 0.0788. The molecule has 21 heavy (non-hydrogen) atoms. The Balaban J connectivity index is 1.98. The predicted octanol–water partition coefficient (Wildman–Crippen LogP) is 3.49. The van der Waals surface area contributed by atoms with Crippen LogP contribution in [0.3, 0.4) is 0 Å². The van der Waals surface area contributed by atoms with Crippen LogP contribution in [0.25, 0.3) is 10.9 Å². The van der Waals surface area contributed by atoms with Crippen LogP contribution in [0.4, 0.5) is 0 Å². The van der Waals surface area contributed by atoms with Crippen LogP contribution in [0.1, 0.15) is 28.9 Å². The smallest absolute Gasteiger partial charge is 0.270 e. The van der Waals surface area contributed by atoms with Gasteiger partial charge < -0.3 is 14.6 Å². The van der Waals surface area contributed by atoms with Gasteiger partial charge in [-0.15, -0.1) is 0 Å². The van der Waals surface area contributed by atoms with Crippen LogP contribution in [-0.2, 0) is 4.74 Å². The van der Waals surface area contributed by atoms with E-state index < -0.39 is 0 Å². The van der Waals surface area contributed by atoms with Gasteiger partial charge in [0, 0.05) is 23.5 Å². The third-order valence-electron chi connectivity index (χ3n) is 4.25. The van der Waals surface area contributed by atoms with Crippen LogP contribution in [0.5, 0.6) is 0 Å². The van der Waals surface area contributed by atoms with Gasteiger partial charge in [-0.05, 0) is 47.3 Å². The molecule has 3 rings (SSSR count). The molecule has 1 aromatic heterocycles. The number of benzene rings is 1. The largest absolute Gasteiger partial charge is 0.383 e. The quantitative estimate of drug-likeness (QED) is 0.920. The third kappa shape index (κ3) is 2.49. The Bertz CT molecular complexity index is 680. The number of nitrogens with one attached hydrogen (secondary N) is 1. The number of carbonyl (C=O) groups excluding carboxylic acids is 1. The number of amides is 1. The Hall–Kier alpha value is -1.33. The first-order valence-electron chi connectivity index (χ1n) is 7.20. The van der Waals surface area contributed by atoms with Crippen molar-refractivity contribution in [2.24, 2.45) is 0 Å². The van der Waals surface area contributed by atoms with E-state index >= 15 is 0 Å². The summed E-state index contributed by atoms with van der Waals surface area (Å²) in [5, 5.41) is 1.09. The highest BCUT2D eigenvalue weighted by molar-refractivity contribution is 9.10. The van der Waals surface area contributed by atoms with Crippen molar-refractivity contribution in [3.63, 3.8) is 0 Å². The molecule has 0 unspecified atom stereocenters. The number of halogens is 1. The summed E-state index contributed by atoms with van der Waals surface area (Å²) in [6, 6.07) is 6.21. The van der Waals surface area contributed by atoms with Gasteiger partial charge in [-0.3, -0.25) is 4.79 Å². The monoisotopic (exact) mass is 350 g/mol. The number of hydrogen-bond donors (Lipinski definition) is 1. The summed E-state index contributed by atoms with van der Waals surface area (Å²) < 4.78 is 6.22. The molecule has 1 aliphatic rings. The van der Waals surface area contributed by atoms with E-state index in [2.05, 4.69) is 20.9 Å². The molecule has 2 aromatic rings. The average Bonchev–Trinajstić information content (AvgIpc) is 3.05. The minimum absolute atomic E-state index is 0.0788. The molecule has 1 saturated heterocycles. The molecular formula is C16H19BrN2O2. The highest BCUT2D eigenvalue weighted by Crippen LogP contribution is 2.30. The van der Waals surface area contributed by atoms with Gasteiger partial charge in [0.05, 0.1) is 18.2 Å². The van der Waals surface area contributed by atoms with Gasteiger partial charge in [0.1, 0.15) is 5.69 Å². The van der Waals surface area contributed by atoms with E-state index in [-0.39, 0.29) is 11.9 Å². The molecule has 4 nitrogen and oxygen atoms in total. The zero-order valence-electron chi connectivity index (χ0n) is 12.3. The summed E-state index contributed by atoms with van der Waals surface area (Å²) in [7, 11) is 1.69. The lowest BCUT2D eigenvalue weighted by Gasteiger charge is -2.23. The van der Waals surface area contributed by atoms with Crippen LogP contribution in [0.15, 0.2) is 22.7 Å². The molecule has 1 fully saturated rings. The molecule has 0 radical (unpaired) electrons. The van der Waals surface area contributed by atoms with E-state index in [4.69, 9.17) is 4.74 Å². The number of aromatic nitrogens is 1. The SMILES string of the molecule is COC[C@@H]1CCCN1C(=O)c1[nH]c2c(Br)cccc2c1C. The van der Waals surface area contributed by atoms with Crippen molar-refractivity contribution in [3.05, 3.63) is 33.9 Å². The van der Waals surface area contributed by atoms with Gasteiger partial charge >= 0.3 is 0 Å². The molecule has 5 heteroatoms. The molecule has 2 heterocycles. The molecule has 1 atom stereocenters. The normalized spacial score (nSPS) is 18.6. The van der Waals surface area contributed by atoms with Gasteiger partial charge in [-0.25, -0.2) is 0 Å². The number of hydrogen-bond acceptors (Lipinski definition) is 2. The van der Waals surface area contributed by atoms with E-state index in [1.165, 1.54) is 0 Å². The molecule has 112 valence electrons. The van der Waals surface area contributed by atoms with Crippen LogP contribution >= 0.6 is 15.9 Å². The van der Waals surface area contributed by atoms with Crippen molar-refractivity contribution in [3.8, 4) is 0 Å². The number of aryl methyl sites for hydroxylation is 1. The number of para-hydroxylation sites is 1. The Kier molecular flexibility index (Phi) is 4.04. The maximum Gasteiger partial charge on any atom is 0.270 e. The lowest BCUT2D eigenvalue weighted by atomic mass is 10.1. The van der Waals surface area contributed by atoms with Crippen molar-refractivity contribution in [2.45, 2.75) is 25.8 Å². The molecule has 0 aliphatic carbocycles. The molecule has 1 aliphatic heterocycles. The van der Waals surface area contributed by atoms with Crippen LogP contribution in [0.2, 0.25) is 0 Å². The Morgan fingerprint density at radius 3 is 3.05 bits per heavy atom. The topological polar surface area (TPSA) is 45.3 Å². The fourth-order valence-corrected chi connectivity index (χ4v) is 3.61. The van der Waals surface area contributed by atoms with Gasteiger partial charge in [0.2, 0.25) is 0 Å². The number of carbonyl (C=O) groups is 1. The number of fused-ring (bicyclic) bond motifs is 1. The summed E-state index contributed by atoms with van der Waals surface area (Å²) in [4.78, 5) is 18.1. The minimum atomic E-state index is 0.0788. The number of methoxy groups -OCH3 is 1. The van der Waals surface area contributed by atoms with E-state index in [1.807, 2.05) is 30.0 Å². The second-order valence-electron chi connectivity index (χ2n) is 5.54. The van der Waals surface area contributed by atoms with Crippen molar-refractivity contribution in [2.75, 3.05) is 20.3 Å². The molecule has 1 N–H and O–H groups in total. The molecule has 0 bridgehead atoms. The maximum absolute atomic E-state index is 12.9. The van der Waals surface area contributed by atoms with E-state index in [0.29, 0.717) is 12.3 Å². The Morgan fingerprint density at radius 2 is 2.33 bits per heavy atom. The first-order chi connectivity index (χ1) is 10.1. The maximum atomic E-state index is 12.9. The van der Waals surface area contributed by atoms with Crippen LogP contribution in [0, 0.1) is 6.92 Å². The van der Waals surface area contributed by atoms with E-state index in [9.17, 15) is 4.79 Å². The van der Waals surface area contributed by atoms with E-state index in [0.717, 1.165) is 40.3 Å². The molecule has 1 amide bonds. The number of H-pyrrole nitrogens is 1. The molecule has 0 saturated carbocycles. The van der Waals surface area contributed by atoms with Crippen LogP contribution < -0.4 is 0 Å². The minimum Gasteiger partial charge on any atom is -0.383 e. The number of likely N-dealkylation sites (tertiary alicyclic amines) is 1. The number of aromatic amines is 1. The number of rotatable bonds is 3. The highest BCUT2D eigenvalue weighted by atomic mass is 79.9. The second-order valence-corrected chi connectivity index (χ2v) is 6.39. The van der Waals surface area contributed by atoms with Gasteiger partial charge in [0.15, 0.2) is 0 Å². The van der Waals surface area contributed by atoms with Gasteiger partial charge in [0.25, 0.3) is 5.91 Å². The summed E-state index contributed by atoms with van der Waals surface area (Å²) in [5.41, 5.74) is 2.69. The molecular weight excluding hydrogens is 332 g/mol. The molecule has 1 aromatic carbocycles. The zero-order valence-corrected chi connectivity index (χ0v) is 13.9. The predicted molar refractivity (Wildman–Crippen MR) is 86.7 cm³/mol. The number of nitrogens with zero attached hydrogens (tertiary/aromatic N) is 1. The van der Waals surface area contributed by atoms with Crippen LogP contribution in [-0.4, -0.2) is 42.1 Å². The summed E-state index contributed by atoms with van der Waals surface area (Å²) >= 11 is 3.54. The zero-order chi connectivity index (χ0) is 15.0. The van der Waals surface area contributed by atoms with Gasteiger partial charge in [-0.1, -0.05) is 12.1 Å². The first-order valence-corrected chi connectivity index (χ1v) is 7.99. The lowest BCUT2D eigenvalue weighted by molar-refractivity contribution is 0.0625. The first kappa shape index (κ1) is 14.6. The second kappa shape index (κ2) is 5.81. The standard InChI is InChI=1S/C16H19BrN2O2/c1-10-12-6-3-7-13(17)15(12)18-14(10)16(20)19-8-4-5-11(19)9-21-2/h3,6-7,11,18H,4-5,8-9H2,1-2H3/t11-/m0/s1. The fourth-order valence-electron chi connectivity index (χ4n) is 3.14. The Labute approximate surface area is 132 Å². The fraction of sp³-hybridized carbons (Fsp3) is 0.438. The van der Waals surface area contributed by atoms with E-state index in [1.54, 1.807) is 7.11 Å². The highest BCUT2D eigenvalue weighted by Gasteiger charge is 2.31. The summed E-state index contributed by atoms with van der Waals surface area (Å²) in [6.45, 7) is 3.41. The van der Waals surface area contributed by atoms with Crippen molar-refractivity contribution < 1.29 is 9.53 Å². The van der Waals surface area contributed by atoms with Crippen molar-refractivity contribution in [1.82, 2.24) is 9.88 Å². The third-order valence-corrected chi connectivity index (χ3v) is 4.91. The molecule has 0 spiro atoms. The van der Waals surface area contributed by atoms with Gasteiger partial charge in [-0.2, -0.15) is 0 Å². The number of ether oxygens (including phenoxy) is 1. The average molecular weight is 351 g/mol. The Morgan fingerprint density at radius 1 is 1.52 bits per heavy atom.